The molecule has 0 aliphatic carbocycles. The van der Waals surface area contributed by atoms with Gasteiger partial charge in [0.25, 0.3) is 0 Å². The minimum Gasteiger partial charge on any atom is -0.385 e. The summed E-state index contributed by atoms with van der Waals surface area (Å²) in [4.78, 5) is 16.0. The van der Waals surface area contributed by atoms with E-state index in [2.05, 4.69) is 26.8 Å². The van der Waals surface area contributed by atoms with Crippen LogP contribution >= 0.6 is 0 Å². The summed E-state index contributed by atoms with van der Waals surface area (Å²) in [5, 5.41) is 10.2. The normalized spacial score (nSPS) is 15.1. The van der Waals surface area contributed by atoms with Crippen molar-refractivity contribution in [2.24, 2.45) is 0 Å². The standard InChI is InChI=1S/C14H17N5O/c1-10(19-9-15-8-17-19)14(20)18-12-5-4-11-3-2-6-16-13(11)7-12/h4-5,7-10,16H,2-3,6H2,1H3,(H,18,20). The van der Waals surface area contributed by atoms with Crippen molar-refractivity contribution in [1.29, 1.82) is 0 Å². The quantitative estimate of drug-likeness (QED) is 0.893. The first-order chi connectivity index (χ1) is 9.74. The summed E-state index contributed by atoms with van der Waals surface area (Å²) in [5.74, 6) is -0.105. The largest absolute Gasteiger partial charge is 0.385 e. The van der Waals surface area contributed by atoms with Gasteiger partial charge in [0, 0.05) is 17.9 Å². The Morgan fingerprint density at radius 2 is 2.40 bits per heavy atom. The van der Waals surface area contributed by atoms with Gasteiger partial charge in [-0.2, -0.15) is 5.10 Å². The molecule has 3 rings (SSSR count). The zero-order valence-electron chi connectivity index (χ0n) is 11.3. The highest BCUT2D eigenvalue weighted by Gasteiger charge is 2.16. The number of nitrogens with zero attached hydrogens (tertiary/aromatic N) is 3. The molecular formula is C14H17N5O. The summed E-state index contributed by atoms with van der Waals surface area (Å²) in [5.41, 5.74) is 3.22. The molecule has 1 aromatic carbocycles. The molecule has 2 aromatic rings. The van der Waals surface area contributed by atoms with Crippen LogP contribution in [0.15, 0.2) is 30.9 Å². The number of nitrogens with one attached hydrogen (secondary N) is 2. The van der Waals surface area contributed by atoms with Gasteiger partial charge in [-0.1, -0.05) is 6.07 Å². The molecule has 0 fully saturated rings. The zero-order chi connectivity index (χ0) is 13.9. The summed E-state index contributed by atoms with van der Waals surface area (Å²) in [6.45, 7) is 2.78. The Hall–Kier alpha value is -2.37. The second-order valence-corrected chi connectivity index (χ2v) is 4.94. The fourth-order valence-corrected chi connectivity index (χ4v) is 2.32. The van der Waals surface area contributed by atoms with Gasteiger partial charge in [-0.3, -0.25) is 4.79 Å². The molecule has 1 aliphatic heterocycles. The molecule has 1 aliphatic rings. The highest BCUT2D eigenvalue weighted by atomic mass is 16.2. The number of anilines is 2. The lowest BCUT2D eigenvalue weighted by atomic mass is 10.0. The third-order valence-corrected chi connectivity index (χ3v) is 3.53. The smallest absolute Gasteiger partial charge is 0.249 e. The van der Waals surface area contributed by atoms with E-state index in [-0.39, 0.29) is 11.9 Å². The van der Waals surface area contributed by atoms with E-state index in [4.69, 9.17) is 0 Å². The van der Waals surface area contributed by atoms with Gasteiger partial charge in [0.15, 0.2) is 0 Å². The van der Waals surface area contributed by atoms with Gasteiger partial charge < -0.3 is 10.6 Å². The average Bonchev–Trinajstić information content (AvgIpc) is 3.00. The first-order valence-electron chi connectivity index (χ1n) is 6.76. The van der Waals surface area contributed by atoms with Crippen LogP contribution in [-0.2, 0) is 11.2 Å². The summed E-state index contributed by atoms with van der Waals surface area (Å²) in [6, 6.07) is 5.61. The Kier molecular flexibility index (Phi) is 3.37. The minimum atomic E-state index is -0.388. The number of amides is 1. The van der Waals surface area contributed by atoms with Crippen molar-refractivity contribution in [2.75, 3.05) is 17.2 Å². The fraction of sp³-hybridized carbons (Fsp3) is 0.357. The Morgan fingerprint density at radius 1 is 1.50 bits per heavy atom. The topological polar surface area (TPSA) is 71.8 Å². The van der Waals surface area contributed by atoms with Crippen LogP contribution in [0.25, 0.3) is 0 Å². The predicted octanol–water partition coefficient (Wildman–Crippen LogP) is 1.84. The van der Waals surface area contributed by atoms with Crippen LogP contribution in [0.5, 0.6) is 0 Å². The van der Waals surface area contributed by atoms with E-state index in [0.717, 1.165) is 30.8 Å². The molecule has 1 amide bonds. The van der Waals surface area contributed by atoms with Crippen LogP contribution in [0.1, 0.15) is 24.9 Å². The van der Waals surface area contributed by atoms with Crippen molar-refractivity contribution in [3.8, 4) is 0 Å². The summed E-state index contributed by atoms with van der Waals surface area (Å²) < 4.78 is 1.53. The molecule has 2 heterocycles. The summed E-state index contributed by atoms with van der Waals surface area (Å²) >= 11 is 0. The number of carbonyl (C=O) groups excluding carboxylic acids is 1. The second-order valence-electron chi connectivity index (χ2n) is 4.94. The zero-order valence-corrected chi connectivity index (χ0v) is 11.3. The number of benzene rings is 1. The van der Waals surface area contributed by atoms with E-state index in [9.17, 15) is 4.79 Å². The van der Waals surface area contributed by atoms with Crippen molar-refractivity contribution in [2.45, 2.75) is 25.8 Å². The Labute approximate surface area is 117 Å². The third kappa shape index (κ3) is 2.49. The number of fused-ring (bicyclic) bond motifs is 1. The monoisotopic (exact) mass is 271 g/mol. The van der Waals surface area contributed by atoms with Gasteiger partial charge in [0.05, 0.1) is 0 Å². The molecule has 6 nitrogen and oxygen atoms in total. The Bertz CT molecular complexity index is 608. The van der Waals surface area contributed by atoms with E-state index in [1.807, 2.05) is 12.1 Å². The number of hydrogen-bond acceptors (Lipinski definition) is 4. The number of rotatable bonds is 3. The van der Waals surface area contributed by atoms with Crippen LogP contribution < -0.4 is 10.6 Å². The molecule has 2 N–H and O–H groups in total. The highest BCUT2D eigenvalue weighted by molar-refractivity contribution is 5.94. The SMILES string of the molecule is CC(C(=O)Nc1ccc2c(c1)NCCC2)n1cncn1. The molecule has 1 unspecified atom stereocenters. The number of aromatic nitrogens is 3. The van der Waals surface area contributed by atoms with E-state index in [1.165, 1.54) is 16.6 Å². The van der Waals surface area contributed by atoms with Gasteiger partial charge in [-0.05, 0) is 37.5 Å². The molecule has 1 atom stereocenters. The van der Waals surface area contributed by atoms with Crippen LogP contribution in [0, 0.1) is 0 Å². The maximum atomic E-state index is 12.2. The van der Waals surface area contributed by atoms with Gasteiger partial charge in [-0.25, -0.2) is 9.67 Å². The highest BCUT2D eigenvalue weighted by Crippen LogP contribution is 2.25. The molecule has 0 spiro atoms. The van der Waals surface area contributed by atoms with E-state index in [1.54, 1.807) is 13.3 Å². The van der Waals surface area contributed by atoms with Crippen LogP contribution in [-0.4, -0.2) is 27.2 Å². The molecule has 0 radical (unpaired) electrons. The van der Waals surface area contributed by atoms with Crippen LogP contribution in [0.3, 0.4) is 0 Å². The molecule has 20 heavy (non-hydrogen) atoms. The molecule has 0 saturated heterocycles. The lowest BCUT2D eigenvalue weighted by Crippen LogP contribution is -2.24. The van der Waals surface area contributed by atoms with E-state index in [0.29, 0.717) is 0 Å². The minimum absolute atomic E-state index is 0.105. The average molecular weight is 271 g/mol. The molecular weight excluding hydrogens is 254 g/mol. The van der Waals surface area contributed by atoms with Crippen molar-refractivity contribution in [1.82, 2.24) is 14.8 Å². The van der Waals surface area contributed by atoms with Crippen molar-refractivity contribution < 1.29 is 4.79 Å². The summed E-state index contributed by atoms with van der Waals surface area (Å²) in [7, 11) is 0. The predicted molar refractivity (Wildman–Crippen MR) is 76.6 cm³/mol. The van der Waals surface area contributed by atoms with Gasteiger partial charge >= 0.3 is 0 Å². The molecule has 0 bridgehead atoms. The maximum absolute atomic E-state index is 12.2. The van der Waals surface area contributed by atoms with Crippen LogP contribution in [0.2, 0.25) is 0 Å². The van der Waals surface area contributed by atoms with Gasteiger partial charge in [0.1, 0.15) is 18.7 Å². The summed E-state index contributed by atoms with van der Waals surface area (Å²) in [6.07, 6.45) is 5.21. The lowest BCUT2D eigenvalue weighted by molar-refractivity contribution is -0.119. The fourth-order valence-electron chi connectivity index (χ4n) is 2.32. The first kappa shape index (κ1) is 12.7. The van der Waals surface area contributed by atoms with E-state index >= 15 is 0 Å². The third-order valence-electron chi connectivity index (χ3n) is 3.53. The Balaban J connectivity index is 1.73. The van der Waals surface area contributed by atoms with Crippen LogP contribution in [0.4, 0.5) is 11.4 Å². The van der Waals surface area contributed by atoms with E-state index < -0.39 is 0 Å². The first-order valence-corrected chi connectivity index (χ1v) is 6.76. The van der Waals surface area contributed by atoms with Gasteiger partial charge in [0.2, 0.25) is 5.91 Å². The number of carbonyl (C=O) groups is 1. The second kappa shape index (κ2) is 5.32. The van der Waals surface area contributed by atoms with Gasteiger partial charge in [-0.15, -0.1) is 0 Å². The Morgan fingerprint density at radius 3 is 3.20 bits per heavy atom. The molecule has 0 saturated carbocycles. The maximum Gasteiger partial charge on any atom is 0.249 e. The van der Waals surface area contributed by atoms with Crippen molar-refractivity contribution >= 4 is 17.3 Å². The molecule has 104 valence electrons. The molecule has 1 aromatic heterocycles. The number of hydrogen-bond donors (Lipinski definition) is 2. The molecule has 6 heteroatoms. The number of aryl methyl sites for hydroxylation is 1. The van der Waals surface area contributed by atoms with Crippen molar-refractivity contribution in [3.05, 3.63) is 36.4 Å². The van der Waals surface area contributed by atoms with Crippen molar-refractivity contribution in [3.63, 3.8) is 0 Å². The lowest BCUT2D eigenvalue weighted by Gasteiger charge is -2.19.